The van der Waals surface area contributed by atoms with Crippen LogP contribution in [0.5, 0.6) is 0 Å². The van der Waals surface area contributed by atoms with Gasteiger partial charge >= 0.3 is 0 Å². The highest BCUT2D eigenvalue weighted by atomic mass is 16.5. The van der Waals surface area contributed by atoms with Crippen molar-refractivity contribution in [1.29, 1.82) is 0 Å². The number of nitrogens with zero attached hydrogens (tertiary/aromatic N) is 2. The molecular weight excluding hydrogens is 270 g/mol. The van der Waals surface area contributed by atoms with Crippen LogP contribution in [0.3, 0.4) is 0 Å². The summed E-state index contributed by atoms with van der Waals surface area (Å²) >= 11 is 0. The van der Waals surface area contributed by atoms with Crippen molar-refractivity contribution in [1.82, 2.24) is 15.1 Å². The van der Waals surface area contributed by atoms with Crippen molar-refractivity contribution >= 4 is 0 Å². The first kappa shape index (κ1) is 18.1. The zero-order chi connectivity index (χ0) is 15.3. The molecule has 1 aromatic rings. The van der Waals surface area contributed by atoms with Crippen LogP contribution in [0.4, 0.5) is 0 Å². The van der Waals surface area contributed by atoms with Gasteiger partial charge in [-0.25, -0.2) is 0 Å². The number of rotatable bonds is 13. The van der Waals surface area contributed by atoms with Crippen molar-refractivity contribution in [3.8, 4) is 0 Å². The van der Waals surface area contributed by atoms with E-state index in [2.05, 4.69) is 24.3 Å². The summed E-state index contributed by atoms with van der Waals surface area (Å²) in [7, 11) is 1.66. The van der Waals surface area contributed by atoms with Crippen LogP contribution in [0.25, 0.3) is 0 Å². The molecule has 6 heteroatoms. The maximum Gasteiger partial charge on any atom is 0.0701 e. The zero-order valence-electron chi connectivity index (χ0n) is 13.6. The summed E-state index contributed by atoms with van der Waals surface area (Å²) in [6, 6.07) is 0. The van der Waals surface area contributed by atoms with E-state index in [9.17, 15) is 0 Å². The van der Waals surface area contributed by atoms with E-state index in [0.29, 0.717) is 33.0 Å². The number of ether oxygens (including phenoxy) is 3. The van der Waals surface area contributed by atoms with Gasteiger partial charge < -0.3 is 19.5 Å². The van der Waals surface area contributed by atoms with E-state index in [4.69, 9.17) is 14.2 Å². The topological polar surface area (TPSA) is 57.5 Å². The average Bonchev–Trinajstić information content (AvgIpc) is 2.83. The van der Waals surface area contributed by atoms with Gasteiger partial charge in [0.1, 0.15) is 0 Å². The number of methoxy groups -OCH3 is 1. The van der Waals surface area contributed by atoms with Gasteiger partial charge in [-0.1, -0.05) is 6.92 Å². The molecule has 0 aliphatic carbocycles. The van der Waals surface area contributed by atoms with E-state index >= 15 is 0 Å². The predicted octanol–water partition coefficient (Wildman–Crippen LogP) is 1.37. The van der Waals surface area contributed by atoms with Gasteiger partial charge in [-0.05, 0) is 19.9 Å². The molecule has 6 nitrogen and oxygen atoms in total. The van der Waals surface area contributed by atoms with E-state index in [1.54, 1.807) is 7.11 Å². The molecule has 0 spiro atoms. The Labute approximate surface area is 127 Å². The highest BCUT2D eigenvalue weighted by Crippen LogP contribution is 2.06. The molecule has 1 aromatic heterocycles. The second-order valence-corrected chi connectivity index (χ2v) is 4.87. The average molecular weight is 299 g/mol. The Kier molecular flexibility index (Phi) is 10.1. The Hall–Kier alpha value is -0.950. The highest BCUT2D eigenvalue weighted by Gasteiger charge is 2.05. The first-order chi connectivity index (χ1) is 10.3. The van der Waals surface area contributed by atoms with Crippen molar-refractivity contribution in [3.63, 3.8) is 0 Å². The van der Waals surface area contributed by atoms with Crippen LogP contribution in [0.15, 0.2) is 6.20 Å². The largest absolute Gasteiger partial charge is 0.382 e. The zero-order valence-corrected chi connectivity index (χ0v) is 13.6. The molecule has 1 heterocycles. The summed E-state index contributed by atoms with van der Waals surface area (Å²) in [5, 5.41) is 7.80. The van der Waals surface area contributed by atoms with Crippen LogP contribution >= 0.6 is 0 Å². The minimum Gasteiger partial charge on any atom is -0.382 e. The molecule has 0 bridgehead atoms. The summed E-state index contributed by atoms with van der Waals surface area (Å²) in [5.74, 6) is 0. The third-order valence-corrected chi connectivity index (χ3v) is 3.20. The molecule has 0 unspecified atom stereocenters. The van der Waals surface area contributed by atoms with Crippen LogP contribution < -0.4 is 5.32 Å². The Morgan fingerprint density at radius 2 is 1.86 bits per heavy atom. The fraction of sp³-hybridized carbons (Fsp3) is 0.800. The molecule has 0 radical (unpaired) electrons. The lowest BCUT2D eigenvalue weighted by Crippen LogP contribution is -2.15. The fourth-order valence-electron chi connectivity index (χ4n) is 1.90. The number of hydrogen-bond acceptors (Lipinski definition) is 5. The summed E-state index contributed by atoms with van der Waals surface area (Å²) < 4.78 is 17.8. The summed E-state index contributed by atoms with van der Waals surface area (Å²) in [6.45, 7) is 10.1. The second-order valence-electron chi connectivity index (χ2n) is 4.87. The monoisotopic (exact) mass is 299 g/mol. The molecule has 0 atom stereocenters. The first-order valence-corrected chi connectivity index (χ1v) is 7.66. The minimum atomic E-state index is 0.605. The Bertz CT molecular complexity index is 369. The highest BCUT2D eigenvalue weighted by molar-refractivity contribution is 5.15. The van der Waals surface area contributed by atoms with Gasteiger partial charge in [-0.15, -0.1) is 0 Å². The standard InChI is InChI=1S/C15H29N3O3/c1-4-5-16-12-15-13-17-18(14(15)2)6-7-20-10-11-21-9-8-19-3/h13,16H,4-12H2,1-3H3. The maximum absolute atomic E-state index is 5.54. The molecule has 1 N–H and O–H groups in total. The molecule has 0 amide bonds. The summed E-state index contributed by atoms with van der Waals surface area (Å²) in [6.07, 6.45) is 3.08. The molecular formula is C15H29N3O3. The van der Waals surface area contributed by atoms with Gasteiger partial charge in [0.25, 0.3) is 0 Å². The smallest absolute Gasteiger partial charge is 0.0701 e. The van der Waals surface area contributed by atoms with E-state index in [1.807, 2.05) is 10.9 Å². The Morgan fingerprint density at radius 1 is 1.14 bits per heavy atom. The van der Waals surface area contributed by atoms with Gasteiger partial charge in [0, 0.05) is 24.9 Å². The lowest BCUT2D eigenvalue weighted by atomic mass is 10.2. The fourth-order valence-corrected chi connectivity index (χ4v) is 1.90. The van der Waals surface area contributed by atoms with Gasteiger partial charge in [0.2, 0.25) is 0 Å². The lowest BCUT2D eigenvalue weighted by molar-refractivity contribution is 0.0224. The van der Waals surface area contributed by atoms with E-state index in [-0.39, 0.29) is 0 Å². The summed E-state index contributed by atoms with van der Waals surface area (Å²) in [5.41, 5.74) is 2.46. The first-order valence-electron chi connectivity index (χ1n) is 7.66. The third-order valence-electron chi connectivity index (χ3n) is 3.20. The summed E-state index contributed by atoms with van der Waals surface area (Å²) in [4.78, 5) is 0. The molecule has 0 aliphatic heterocycles. The Balaban J connectivity index is 2.12. The van der Waals surface area contributed by atoms with Crippen LogP contribution in [0.1, 0.15) is 24.6 Å². The predicted molar refractivity (Wildman–Crippen MR) is 82.5 cm³/mol. The normalized spacial score (nSPS) is 11.2. The van der Waals surface area contributed by atoms with E-state index < -0.39 is 0 Å². The minimum absolute atomic E-state index is 0.605. The molecule has 21 heavy (non-hydrogen) atoms. The number of aromatic nitrogens is 2. The van der Waals surface area contributed by atoms with Crippen LogP contribution in [0.2, 0.25) is 0 Å². The molecule has 0 aromatic carbocycles. The Morgan fingerprint density at radius 3 is 2.57 bits per heavy atom. The van der Waals surface area contributed by atoms with E-state index in [0.717, 1.165) is 26.1 Å². The van der Waals surface area contributed by atoms with Gasteiger partial charge in [-0.3, -0.25) is 4.68 Å². The van der Waals surface area contributed by atoms with Gasteiger partial charge in [0.05, 0.1) is 45.8 Å². The molecule has 0 aliphatic rings. The molecule has 0 saturated heterocycles. The van der Waals surface area contributed by atoms with Crippen molar-refractivity contribution in [3.05, 3.63) is 17.5 Å². The van der Waals surface area contributed by atoms with E-state index in [1.165, 1.54) is 11.3 Å². The SMILES string of the molecule is CCCNCc1cnn(CCOCCOCCOC)c1C. The van der Waals surface area contributed by atoms with Crippen LogP contribution in [-0.4, -0.2) is 56.5 Å². The maximum atomic E-state index is 5.54. The molecule has 1 rings (SSSR count). The number of nitrogens with one attached hydrogen (secondary N) is 1. The lowest BCUT2D eigenvalue weighted by Gasteiger charge is -2.08. The van der Waals surface area contributed by atoms with Gasteiger partial charge in [0.15, 0.2) is 0 Å². The van der Waals surface area contributed by atoms with Crippen molar-refractivity contribution in [2.45, 2.75) is 33.4 Å². The van der Waals surface area contributed by atoms with Crippen molar-refractivity contribution in [2.75, 3.05) is 46.7 Å². The quantitative estimate of drug-likeness (QED) is 0.558. The number of hydrogen-bond donors (Lipinski definition) is 1. The third kappa shape index (κ3) is 7.57. The van der Waals surface area contributed by atoms with Crippen LogP contribution in [-0.2, 0) is 27.3 Å². The molecule has 122 valence electrons. The molecule has 0 saturated carbocycles. The van der Waals surface area contributed by atoms with Crippen molar-refractivity contribution in [2.24, 2.45) is 0 Å². The van der Waals surface area contributed by atoms with Crippen molar-refractivity contribution < 1.29 is 14.2 Å². The van der Waals surface area contributed by atoms with Gasteiger partial charge in [-0.2, -0.15) is 5.10 Å². The molecule has 0 fully saturated rings. The van der Waals surface area contributed by atoms with Crippen LogP contribution in [0, 0.1) is 6.92 Å². The second kappa shape index (κ2) is 11.7.